The third-order valence-corrected chi connectivity index (χ3v) is 4.46. The lowest BCUT2D eigenvalue weighted by Gasteiger charge is -2.24. The summed E-state index contributed by atoms with van der Waals surface area (Å²) in [6.45, 7) is 1.44. The third kappa shape index (κ3) is 3.81. The second-order valence-corrected chi connectivity index (χ2v) is 6.68. The lowest BCUT2D eigenvalue weighted by molar-refractivity contribution is -0.121. The molecule has 1 aliphatic carbocycles. The van der Waals surface area contributed by atoms with Crippen molar-refractivity contribution in [2.24, 2.45) is 0 Å². The molecule has 0 aromatic heterocycles. The predicted octanol–water partition coefficient (Wildman–Crippen LogP) is 0.868. The van der Waals surface area contributed by atoms with Gasteiger partial charge in [0.25, 0.3) is 0 Å². The molecule has 0 heterocycles. The summed E-state index contributed by atoms with van der Waals surface area (Å²) >= 11 is 0. The summed E-state index contributed by atoms with van der Waals surface area (Å²) in [7, 11) is -3.26. The van der Waals surface area contributed by atoms with E-state index in [1.807, 2.05) is 0 Å². The molecule has 0 unspecified atom stereocenters. The first-order valence-electron chi connectivity index (χ1n) is 5.40. The van der Waals surface area contributed by atoms with E-state index in [0.29, 0.717) is 0 Å². The van der Waals surface area contributed by atoms with Crippen molar-refractivity contribution in [1.82, 2.24) is 5.32 Å². The van der Waals surface area contributed by atoms with Crippen molar-refractivity contribution >= 4 is 15.7 Å². The molecule has 1 rings (SSSR count). The van der Waals surface area contributed by atoms with E-state index in [1.165, 1.54) is 13.3 Å². The van der Waals surface area contributed by atoms with Gasteiger partial charge in [-0.25, -0.2) is 8.42 Å². The summed E-state index contributed by atoms with van der Waals surface area (Å²) in [5, 5.41) is 1.88. The molecule has 1 aliphatic rings. The zero-order valence-corrected chi connectivity index (χ0v) is 10.1. The Morgan fingerprint density at radius 2 is 1.80 bits per heavy atom. The van der Waals surface area contributed by atoms with Gasteiger partial charge in [-0.05, 0) is 19.8 Å². The molecule has 0 bridgehead atoms. The molecular formula is C10H19NO3S. The van der Waals surface area contributed by atoms with Crippen molar-refractivity contribution in [3.63, 3.8) is 0 Å². The fourth-order valence-electron chi connectivity index (χ4n) is 1.76. The minimum Gasteiger partial charge on any atom is -0.352 e. The van der Waals surface area contributed by atoms with Gasteiger partial charge in [0.1, 0.15) is 5.25 Å². The lowest BCUT2D eigenvalue weighted by atomic mass is 9.95. The Morgan fingerprint density at radius 1 is 1.27 bits per heavy atom. The Labute approximate surface area is 91.4 Å². The molecule has 0 spiro atoms. The van der Waals surface area contributed by atoms with E-state index in [4.69, 9.17) is 0 Å². The molecule has 0 aliphatic heterocycles. The van der Waals surface area contributed by atoms with E-state index in [0.717, 1.165) is 31.9 Å². The number of rotatable bonds is 3. The van der Waals surface area contributed by atoms with Crippen molar-refractivity contribution in [3.05, 3.63) is 0 Å². The lowest BCUT2D eigenvalue weighted by Crippen LogP contribution is -2.43. The van der Waals surface area contributed by atoms with Gasteiger partial charge in [0, 0.05) is 12.3 Å². The largest absolute Gasteiger partial charge is 0.352 e. The monoisotopic (exact) mass is 233 g/mol. The molecule has 15 heavy (non-hydrogen) atoms. The summed E-state index contributed by atoms with van der Waals surface area (Å²) in [5.74, 6) is -0.357. The third-order valence-electron chi connectivity index (χ3n) is 2.96. The van der Waals surface area contributed by atoms with Gasteiger partial charge in [-0.2, -0.15) is 0 Å². The van der Waals surface area contributed by atoms with Crippen LogP contribution in [0.1, 0.15) is 39.0 Å². The highest BCUT2D eigenvalue weighted by Gasteiger charge is 2.25. The highest BCUT2D eigenvalue weighted by Crippen LogP contribution is 2.17. The van der Waals surface area contributed by atoms with E-state index in [9.17, 15) is 13.2 Å². The van der Waals surface area contributed by atoms with Crippen LogP contribution in [0, 0.1) is 0 Å². The van der Waals surface area contributed by atoms with Gasteiger partial charge < -0.3 is 5.32 Å². The van der Waals surface area contributed by atoms with Gasteiger partial charge in [-0.15, -0.1) is 0 Å². The van der Waals surface area contributed by atoms with Crippen LogP contribution in [0.4, 0.5) is 0 Å². The van der Waals surface area contributed by atoms with Gasteiger partial charge >= 0.3 is 0 Å². The Kier molecular flexibility index (Phi) is 4.13. The van der Waals surface area contributed by atoms with Crippen LogP contribution >= 0.6 is 0 Å². The SMILES string of the molecule is C[C@H](C(=O)NC1CCCCC1)S(C)(=O)=O. The van der Waals surface area contributed by atoms with E-state index < -0.39 is 15.1 Å². The number of sulfone groups is 1. The summed E-state index contributed by atoms with van der Waals surface area (Å²) in [4.78, 5) is 11.6. The van der Waals surface area contributed by atoms with Crippen LogP contribution in [0.3, 0.4) is 0 Å². The summed E-state index contributed by atoms with van der Waals surface area (Å²) in [6.07, 6.45) is 6.51. The van der Waals surface area contributed by atoms with E-state index >= 15 is 0 Å². The van der Waals surface area contributed by atoms with E-state index in [-0.39, 0.29) is 11.9 Å². The number of amides is 1. The van der Waals surface area contributed by atoms with Gasteiger partial charge in [-0.3, -0.25) is 4.79 Å². The molecule has 1 saturated carbocycles. The number of carbonyl (C=O) groups excluding carboxylic acids is 1. The van der Waals surface area contributed by atoms with Gasteiger partial charge in [-0.1, -0.05) is 19.3 Å². The minimum atomic E-state index is -3.26. The molecule has 1 fully saturated rings. The van der Waals surface area contributed by atoms with Gasteiger partial charge in [0.05, 0.1) is 0 Å². The maximum Gasteiger partial charge on any atom is 0.238 e. The van der Waals surface area contributed by atoms with Gasteiger partial charge in [0.15, 0.2) is 9.84 Å². The predicted molar refractivity (Wildman–Crippen MR) is 59.3 cm³/mol. The van der Waals surface area contributed by atoms with Crippen LogP contribution in [0.5, 0.6) is 0 Å². The smallest absolute Gasteiger partial charge is 0.238 e. The molecule has 5 heteroatoms. The molecule has 1 N–H and O–H groups in total. The van der Waals surface area contributed by atoms with E-state index in [2.05, 4.69) is 5.32 Å². The molecule has 88 valence electrons. The second-order valence-electron chi connectivity index (χ2n) is 4.32. The highest BCUT2D eigenvalue weighted by atomic mass is 32.2. The average molecular weight is 233 g/mol. The van der Waals surface area contributed by atoms with Crippen molar-refractivity contribution in [1.29, 1.82) is 0 Å². The molecule has 0 saturated heterocycles. The number of hydrogen-bond donors (Lipinski definition) is 1. The molecular weight excluding hydrogens is 214 g/mol. The van der Waals surface area contributed by atoms with Crippen LogP contribution < -0.4 is 5.32 Å². The maximum atomic E-state index is 11.6. The fraction of sp³-hybridized carbons (Fsp3) is 0.900. The highest BCUT2D eigenvalue weighted by molar-refractivity contribution is 7.92. The molecule has 1 amide bonds. The number of hydrogen-bond acceptors (Lipinski definition) is 3. The standard InChI is InChI=1S/C10H19NO3S/c1-8(15(2,13)14)10(12)11-9-6-4-3-5-7-9/h8-9H,3-7H2,1-2H3,(H,11,12)/t8-/m1/s1. The summed E-state index contributed by atoms with van der Waals surface area (Å²) < 4.78 is 22.3. The topological polar surface area (TPSA) is 63.2 Å². The minimum absolute atomic E-state index is 0.176. The van der Waals surface area contributed by atoms with Crippen LogP contribution in [-0.2, 0) is 14.6 Å². The Balaban J connectivity index is 2.47. The first-order valence-corrected chi connectivity index (χ1v) is 7.36. The van der Waals surface area contributed by atoms with E-state index in [1.54, 1.807) is 0 Å². The van der Waals surface area contributed by atoms with Crippen LogP contribution in [0.15, 0.2) is 0 Å². The quantitative estimate of drug-likeness (QED) is 0.786. The van der Waals surface area contributed by atoms with Crippen molar-refractivity contribution < 1.29 is 13.2 Å². The van der Waals surface area contributed by atoms with Crippen LogP contribution in [0.2, 0.25) is 0 Å². The van der Waals surface area contributed by atoms with Crippen LogP contribution in [-0.4, -0.2) is 31.9 Å². The maximum absolute atomic E-state index is 11.6. The van der Waals surface area contributed by atoms with Crippen molar-refractivity contribution in [3.8, 4) is 0 Å². The molecule has 4 nitrogen and oxygen atoms in total. The normalized spacial score (nSPS) is 20.9. The van der Waals surface area contributed by atoms with Crippen molar-refractivity contribution in [2.75, 3.05) is 6.26 Å². The van der Waals surface area contributed by atoms with Gasteiger partial charge in [0.2, 0.25) is 5.91 Å². The molecule has 1 atom stereocenters. The zero-order chi connectivity index (χ0) is 11.5. The van der Waals surface area contributed by atoms with Crippen LogP contribution in [0.25, 0.3) is 0 Å². The first kappa shape index (κ1) is 12.5. The zero-order valence-electron chi connectivity index (χ0n) is 9.32. The molecule has 0 aromatic rings. The Hall–Kier alpha value is -0.580. The first-order chi connectivity index (χ1) is 6.91. The molecule has 0 radical (unpaired) electrons. The summed E-state index contributed by atoms with van der Waals surface area (Å²) in [5.41, 5.74) is 0. The number of nitrogens with one attached hydrogen (secondary N) is 1. The second kappa shape index (κ2) is 4.96. The molecule has 0 aromatic carbocycles. The average Bonchev–Trinajstić information content (AvgIpc) is 2.16. The number of carbonyl (C=O) groups is 1. The Morgan fingerprint density at radius 3 is 2.27 bits per heavy atom. The van der Waals surface area contributed by atoms with Crippen molar-refractivity contribution in [2.45, 2.75) is 50.3 Å². The fourth-order valence-corrected chi connectivity index (χ4v) is 2.22. The Bertz CT molecular complexity index is 318. The summed E-state index contributed by atoms with van der Waals surface area (Å²) in [6, 6.07) is 0.176.